The van der Waals surface area contributed by atoms with Gasteiger partial charge in [0, 0.05) is 0 Å². The molecule has 0 amide bonds. The minimum atomic E-state index is -2.26. The first-order valence-corrected chi connectivity index (χ1v) is 15.2. The molecule has 0 fully saturated rings. The quantitative estimate of drug-likeness (QED) is 0.199. The highest BCUT2D eigenvalue weighted by Crippen LogP contribution is 2.38. The van der Waals surface area contributed by atoms with Crippen LogP contribution in [0.4, 0.5) is 0 Å². The number of carbonyl (C=O) groups is 1. The highest BCUT2D eigenvalue weighted by Gasteiger charge is 2.47. The average Bonchev–Trinajstić information content (AvgIpc) is 2.85. The summed E-state index contributed by atoms with van der Waals surface area (Å²) in [4.78, 5) is 12.5. The van der Waals surface area contributed by atoms with Gasteiger partial charge in [-0.15, -0.1) is 6.58 Å². The van der Waals surface area contributed by atoms with Crippen LogP contribution in [0, 0.1) is 0 Å². The fourth-order valence-corrected chi connectivity index (χ4v) is 4.48. The van der Waals surface area contributed by atoms with E-state index < -0.39 is 32.1 Å². The standard InChI is InChI=1S/C29H42O6Si/c1-8-25(33-20-23-15-11-9-12-16-23)27(34-21-24-17-13-10-14-18-24)29(31,19-26(30)32-5)22-35-36(6,7)28(2,3)4/h8-18,25,27,31H,1,19-22H2,2-7H3/t25-,27+,29+/m0/s1. The summed E-state index contributed by atoms with van der Waals surface area (Å²) in [5.74, 6) is -0.560. The van der Waals surface area contributed by atoms with Gasteiger partial charge in [-0.1, -0.05) is 87.5 Å². The Bertz CT molecular complexity index is 941. The summed E-state index contributed by atoms with van der Waals surface area (Å²) in [5.41, 5.74) is 0.187. The maximum absolute atomic E-state index is 12.5. The fraction of sp³-hybridized carbons (Fsp3) is 0.483. The zero-order chi connectivity index (χ0) is 26.8. The second-order valence-corrected chi connectivity index (χ2v) is 15.4. The largest absolute Gasteiger partial charge is 0.469 e. The van der Waals surface area contributed by atoms with E-state index in [1.807, 2.05) is 60.7 Å². The number of methoxy groups -OCH3 is 1. The van der Waals surface area contributed by atoms with Crippen LogP contribution in [0.15, 0.2) is 73.3 Å². The third-order valence-corrected chi connectivity index (χ3v) is 11.3. The minimum Gasteiger partial charge on any atom is -0.469 e. The topological polar surface area (TPSA) is 74.2 Å². The molecule has 0 unspecified atom stereocenters. The first kappa shape index (κ1) is 29.9. The van der Waals surface area contributed by atoms with E-state index in [0.717, 1.165) is 11.1 Å². The van der Waals surface area contributed by atoms with E-state index in [9.17, 15) is 9.90 Å². The van der Waals surface area contributed by atoms with Gasteiger partial charge in [0.15, 0.2) is 8.32 Å². The third kappa shape index (κ3) is 8.67. The van der Waals surface area contributed by atoms with Crippen molar-refractivity contribution in [3.8, 4) is 0 Å². The molecule has 0 aromatic heterocycles. The molecule has 2 aromatic rings. The number of hydrogen-bond acceptors (Lipinski definition) is 6. The second kappa shape index (κ2) is 13.3. The highest BCUT2D eigenvalue weighted by atomic mass is 28.4. The molecule has 0 radical (unpaired) electrons. The van der Waals surface area contributed by atoms with E-state index in [4.69, 9.17) is 18.6 Å². The first-order chi connectivity index (χ1) is 16.9. The van der Waals surface area contributed by atoms with Crippen LogP contribution in [-0.4, -0.2) is 50.9 Å². The molecule has 0 aliphatic carbocycles. The van der Waals surface area contributed by atoms with Crippen molar-refractivity contribution in [2.45, 2.75) is 76.3 Å². The Morgan fingerprint density at radius 3 is 1.92 bits per heavy atom. The number of carbonyl (C=O) groups excluding carboxylic acids is 1. The van der Waals surface area contributed by atoms with Gasteiger partial charge in [-0.25, -0.2) is 0 Å². The van der Waals surface area contributed by atoms with E-state index in [2.05, 4.69) is 40.4 Å². The van der Waals surface area contributed by atoms with Crippen molar-refractivity contribution in [2.75, 3.05) is 13.7 Å². The van der Waals surface area contributed by atoms with Crippen LogP contribution in [-0.2, 0) is 36.6 Å². The molecule has 198 valence electrons. The van der Waals surface area contributed by atoms with E-state index >= 15 is 0 Å². The number of rotatable bonds is 14. The number of ether oxygens (including phenoxy) is 3. The van der Waals surface area contributed by atoms with Gasteiger partial charge >= 0.3 is 5.97 Å². The molecule has 0 bridgehead atoms. The summed E-state index contributed by atoms with van der Waals surface area (Å²) in [6.45, 7) is 14.9. The molecule has 0 aliphatic rings. The van der Waals surface area contributed by atoms with E-state index in [1.54, 1.807) is 6.08 Å². The maximum atomic E-state index is 12.5. The Kier molecular flexibility index (Phi) is 11.1. The fourth-order valence-electron chi connectivity index (χ4n) is 3.44. The van der Waals surface area contributed by atoms with E-state index in [0.29, 0.717) is 6.61 Å². The summed E-state index contributed by atoms with van der Waals surface area (Å²) in [6.07, 6.45) is -0.363. The highest BCUT2D eigenvalue weighted by molar-refractivity contribution is 6.74. The van der Waals surface area contributed by atoms with Crippen molar-refractivity contribution < 1.29 is 28.5 Å². The molecular formula is C29H42O6Si. The molecule has 2 rings (SSSR count). The van der Waals surface area contributed by atoms with Crippen molar-refractivity contribution in [2.24, 2.45) is 0 Å². The van der Waals surface area contributed by atoms with Crippen molar-refractivity contribution in [3.05, 3.63) is 84.4 Å². The Balaban J connectivity index is 2.39. The lowest BCUT2D eigenvalue weighted by molar-refractivity contribution is -0.188. The van der Waals surface area contributed by atoms with E-state index in [1.165, 1.54) is 7.11 Å². The maximum Gasteiger partial charge on any atom is 0.308 e. The molecule has 36 heavy (non-hydrogen) atoms. The van der Waals surface area contributed by atoms with Crippen LogP contribution in [0.3, 0.4) is 0 Å². The van der Waals surface area contributed by atoms with Crippen molar-refractivity contribution in [3.63, 3.8) is 0 Å². The first-order valence-electron chi connectivity index (χ1n) is 12.3. The lowest BCUT2D eigenvalue weighted by atomic mass is 9.89. The molecular weight excluding hydrogens is 472 g/mol. The zero-order valence-electron chi connectivity index (χ0n) is 22.5. The van der Waals surface area contributed by atoms with Crippen molar-refractivity contribution in [1.82, 2.24) is 0 Å². The Morgan fingerprint density at radius 2 is 1.47 bits per heavy atom. The predicted molar refractivity (Wildman–Crippen MR) is 145 cm³/mol. The normalized spacial score (nSPS) is 15.5. The molecule has 2 aromatic carbocycles. The van der Waals surface area contributed by atoms with Gasteiger partial charge in [0.25, 0.3) is 0 Å². The third-order valence-electron chi connectivity index (χ3n) is 6.79. The zero-order valence-corrected chi connectivity index (χ0v) is 23.5. The van der Waals surface area contributed by atoms with Crippen LogP contribution in [0.5, 0.6) is 0 Å². The molecule has 0 spiro atoms. The molecule has 0 saturated carbocycles. The summed E-state index contributed by atoms with van der Waals surface area (Å²) in [7, 11) is -0.959. The summed E-state index contributed by atoms with van der Waals surface area (Å²) < 4.78 is 23.8. The number of benzene rings is 2. The number of hydrogen-bond donors (Lipinski definition) is 1. The van der Waals surface area contributed by atoms with Crippen LogP contribution in [0.1, 0.15) is 38.3 Å². The van der Waals surface area contributed by atoms with E-state index in [-0.39, 0.29) is 24.7 Å². The lowest BCUT2D eigenvalue weighted by Crippen LogP contribution is -2.57. The summed E-state index contributed by atoms with van der Waals surface area (Å²) >= 11 is 0. The smallest absolute Gasteiger partial charge is 0.308 e. The molecule has 0 heterocycles. The Hall–Kier alpha value is -2.29. The summed E-state index contributed by atoms with van der Waals surface area (Å²) in [5, 5.41) is 11.9. The van der Waals surface area contributed by atoms with Crippen LogP contribution in [0.25, 0.3) is 0 Å². The van der Waals surface area contributed by atoms with Crippen molar-refractivity contribution >= 4 is 14.3 Å². The lowest BCUT2D eigenvalue weighted by Gasteiger charge is -2.43. The SMILES string of the molecule is C=C[C@H](OCc1ccccc1)[C@@H](OCc1ccccc1)[C@](O)(CO[Si](C)(C)C(C)(C)C)CC(=O)OC. The summed E-state index contributed by atoms with van der Waals surface area (Å²) in [6, 6.07) is 19.4. The Morgan fingerprint density at radius 1 is 0.972 bits per heavy atom. The van der Waals surface area contributed by atoms with Gasteiger partial charge in [0.2, 0.25) is 0 Å². The van der Waals surface area contributed by atoms with Gasteiger partial charge in [-0.05, 0) is 29.3 Å². The number of aliphatic hydroxyl groups is 1. The molecule has 6 nitrogen and oxygen atoms in total. The van der Waals surface area contributed by atoms with Crippen molar-refractivity contribution in [1.29, 1.82) is 0 Å². The van der Waals surface area contributed by atoms with Gasteiger partial charge in [0.05, 0.1) is 33.4 Å². The molecule has 0 aliphatic heterocycles. The van der Waals surface area contributed by atoms with Gasteiger partial charge in [-0.3, -0.25) is 4.79 Å². The van der Waals surface area contributed by atoms with Crippen LogP contribution in [0.2, 0.25) is 18.1 Å². The molecule has 0 saturated heterocycles. The molecule has 1 N–H and O–H groups in total. The number of esters is 1. The van der Waals surface area contributed by atoms with Crippen LogP contribution < -0.4 is 0 Å². The molecule has 3 atom stereocenters. The average molecular weight is 515 g/mol. The second-order valence-electron chi connectivity index (χ2n) is 10.6. The van der Waals surface area contributed by atoms with Gasteiger partial charge in [-0.2, -0.15) is 0 Å². The van der Waals surface area contributed by atoms with Gasteiger partial charge in [0.1, 0.15) is 17.8 Å². The Labute approximate surface area is 217 Å². The predicted octanol–water partition coefficient (Wildman–Crippen LogP) is 5.66. The minimum absolute atomic E-state index is 0.0821. The van der Waals surface area contributed by atoms with Crippen LogP contribution >= 0.6 is 0 Å². The van der Waals surface area contributed by atoms with Gasteiger partial charge < -0.3 is 23.7 Å². The molecule has 7 heteroatoms. The monoisotopic (exact) mass is 514 g/mol.